The van der Waals surface area contributed by atoms with Gasteiger partial charge in [0, 0.05) is 24.3 Å². The van der Waals surface area contributed by atoms with Crippen LogP contribution in [0.3, 0.4) is 0 Å². The number of hydrogen-bond acceptors (Lipinski definition) is 8. The van der Waals surface area contributed by atoms with Crippen molar-refractivity contribution in [2.75, 3.05) is 26.1 Å². The van der Waals surface area contributed by atoms with Crippen LogP contribution in [0.1, 0.15) is 18.1 Å². The number of ether oxygens (including phenoxy) is 4. The van der Waals surface area contributed by atoms with Crippen LogP contribution in [0.2, 0.25) is 10.0 Å². The number of nitrogens with zero attached hydrogens (tertiary/aromatic N) is 2. The predicted molar refractivity (Wildman–Crippen MR) is 147 cm³/mol. The van der Waals surface area contributed by atoms with Crippen LogP contribution < -0.4 is 24.3 Å². The molecule has 0 aliphatic heterocycles. The van der Waals surface area contributed by atoms with E-state index in [1.807, 2.05) is 6.07 Å². The largest absolute Gasteiger partial charge is 0.495 e. The van der Waals surface area contributed by atoms with Gasteiger partial charge in [0.1, 0.15) is 29.7 Å². The highest BCUT2D eigenvalue weighted by atomic mass is 35.5. The Kier molecular flexibility index (Phi) is 9.98. The Morgan fingerprint density at radius 1 is 1.03 bits per heavy atom. The Bertz CT molecular complexity index is 1450. The van der Waals surface area contributed by atoms with Crippen molar-refractivity contribution in [3.8, 4) is 29.1 Å². The van der Waals surface area contributed by atoms with Gasteiger partial charge in [-0.05, 0) is 48.4 Å². The van der Waals surface area contributed by atoms with Gasteiger partial charge >= 0.3 is 0 Å². The molecule has 0 radical (unpaired) electrons. The van der Waals surface area contributed by atoms with Gasteiger partial charge in [-0.3, -0.25) is 14.9 Å². The summed E-state index contributed by atoms with van der Waals surface area (Å²) in [6, 6.07) is 13.8. The Hall–Kier alpha value is -4.46. The fourth-order valence-electron chi connectivity index (χ4n) is 3.41. The number of rotatable bonds is 11. The molecule has 0 aliphatic rings. The number of halogens is 2. The number of methoxy groups -OCH3 is 2. The molecule has 3 rings (SSSR count). The molecule has 12 heteroatoms. The molecule has 1 N–H and O–H groups in total. The van der Waals surface area contributed by atoms with Crippen molar-refractivity contribution in [1.82, 2.24) is 0 Å². The zero-order valence-electron chi connectivity index (χ0n) is 21.1. The number of amides is 1. The number of nitro groups is 1. The highest BCUT2D eigenvalue weighted by Gasteiger charge is 2.18. The number of nitriles is 1. The lowest BCUT2D eigenvalue weighted by Gasteiger charge is -2.15. The van der Waals surface area contributed by atoms with Gasteiger partial charge in [0.15, 0.2) is 11.5 Å². The van der Waals surface area contributed by atoms with E-state index < -0.39 is 10.8 Å². The molecule has 0 fully saturated rings. The number of nitrogens with one attached hydrogen (secondary N) is 1. The van der Waals surface area contributed by atoms with E-state index in [1.54, 1.807) is 25.1 Å². The molecule has 0 aliphatic carbocycles. The molecule has 1 amide bonds. The smallest absolute Gasteiger partial charge is 0.269 e. The number of benzene rings is 3. The van der Waals surface area contributed by atoms with Crippen molar-refractivity contribution in [3.63, 3.8) is 0 Å². The molecule has 202 valence electrons. The summed E-state index contributed by atoms with van der Waals surface area (Å²) in [6.45, 7) is 2.14. The van der Waals surface area contributed by atoms with Crippen LogP contribution in [0.25, 0.3) is 6.08 Å². The second-order valence-corrected chi connectivity index (χ2v) is 8.60. The lowest BCUT2D eigenvalue weighted by molar-refractivity contribution is -0.384. The van der Waals surface area contributed by atoms with Gasteiger partial charge in [0.05, 0.1) is 41.5 Å². The lowest BCUT2D eigenvalue weighted by atomic mass is 10.1. The summed E-state index contributed by atoms with van der Waals surface area (Å²) in [7, 11) is 2.84. The topological polar surface area (TPSA) is 133 Å². The van der Waals surface area contributed by atoms with E-state index in [4.69, 9.17) is 42.1 Å². The first kappa shape index (κ1) is 29.1. The number of anilines is 1. The van der Waals surface area contributed by atoms with Gasteiger partial charge in [-0.1, -0.05) is 23.2 Å². The summed E-state index contributed by atoms with van der Waals surface area (Å²) in [6.07, 6.45) is 1.35. The number of carbonyl (C=O) groups is 1. The zero-order valence-corrected chi connectivity index (χ0v) is 22.6. The Morgan fingerprint density at radius 3 is 2.31 bits per heavy atom. The average molecular weight is 572 g/mol. The van der Waals surface area contributed by atoms with Crippen LogP contribution in [-0.4, -0.2) is 31.7 Å². The minimum Gasteiger partial charge on any atom is -0.495 e. The fraction of sp³-hybridized carbons (Fsp3) is 0.185. The maximum atomic E-state index is 12.9. The van der Waals surface area contributed by atoms with Gasteiger partial charge in [0.2, 0.25) is 0 Å². The quantitative estimate of drug-likeness (QED) is 0.120. The molecule has 3 aromatic rings. The summed E-state index contributed by atoms with van der Waals surface area (Å²) >= 11 is 12.6. The fourth-order valence-corrected chi connectivity index (χ4v) is 3.91. The van der Waals surface area contributed by atoms with Crippen molar-refractivity contribution in [1.29, 1.82) is 5.26 Å². The minimum atomic E-state index is -0.701. The molecule has 0 aromatic heterocycles. The standard InChI is InChI=1S/C27H23Cl2N3O7/c1-4-38-25-11-17(10-21(29)26(25)39-15-16-5-7-19(8-6-16)32(34)35)9-18(14-30)27(33)31-22-13-23(36-2)20(28)12-24(22)37-3/h5-13H,4,15H2,1-3H3,(H,31,33)/b18-9+. The summed E-state index contributed by atoms with van der Waals surface area (Å²) in [5, 5.41) is 23.6. The normalized spacial score (nSPS) is 10.8. The monoisotopic (exact) mass is 571 g/mol. The lowest BCUT2D eigenvalue weighted by Crippen LogP contribution is -2.14. The van der Waals surface area contributed by atoms with Gasteiger partial charge in [0.25, 0.3) is 11.6 Å². The van der Waals surface area contributed by atoms with Crippen molar-refractivity contribution in [3.05, 3.63) is 85.4 Å². The van der Waals surface area contributed by atoms with Gasteiger partial charge in [-0.15, -0.1) is 0 Å². The van der Waals surface area contributed by atoms with E-state index in [1.165, 1.54) is 50.6 Å². The Labute approximate surface area is 234 Å². The number of carbonyl (C=O) groups excluding carboxylic acids is 1. The molecule has 0 saturated carbocycles. The number of nitro benzene ring substituents is 1. The predicted octanol–water partition coefficient (Wildman–Crippen LogP) is 6.44. The molecule has 0 atom stereocenters. The van der Waals surface area contributed by atoms with Crippen molar-refractivity contribution in [2.24, 2.45) is 0 Å². The summed E-state index contributed by atoms with van der Waals surface area (Å²) < 4.78 is 22.0. The molecular formula is C27H23Cl2N3O7. The van der Waals surface area contributed by atoms with E-state index in [0.717, 1.165) is 0 Å². The molecule has 0 bridgehead atoms. The highest BCUT2D eigenvalue weighted by molar-refractivity contribution is 6.33. The second-order valence-electron chi connectivity index (χ2n) is 7.79. The SMILES string of the molecule is CCOc1cc(/C=C(\C#N)C(=O)Nc2cc(OC)c(Cl)cc2OC)cc(Cl)c1OCc1ccc([N+](=O)[O-])cc1. The van der Waals surface area contributed by atoms with Gasteiger partial charge < -0.3 is 24.3 Å². The van der Waals surface area contributed by atoms with Crippen molar-refractivity contribution in [2.45, 2.75) is 13.5 Å². The second kappa shape index (κ2) is 13.4. The molecular weight excluding hydrogens is 549 g/mol. The van der Waals surface area contributed by atoms with E-state index in [0.29, 0.717) is 29.2 Å². The highest BCUT2D eigenvalue weighted by Crippen LogP contribution is 2.39. The van der Waals surface area contributed by atoms with Crippen LogP contribution in [0.4, 0.5) is 11.4 Å². The molecule has 0 heterocycles. The number of non-ortho nitro benzene ring substituents is 1. The first-order valence-corrected chi connectivity index (χ1v) is 12.1. The summed E-state index contributed by atoms with van der Waals surface area (Å²) in [4.78, 5) is 23.3. The first-order chi connectivity index (χ1) is 18.7. The molecule has 0 unspecified atom stereocenters. The van der Waals surface area contributed by atoms with E-state index >= 15 is 0 Å². The van der Waals surface area contributed by atoms with E-state index in [-0.39, 0.29) is 45.1 Å². The molecule has 0 spiro atoms. The molecule has 3 aromatic carbocycles. The number of hydrogen-bond donors (Lipinski definition) is 1. The van der Waals surface area contributed by atoms with Crippen LogP contribution in [0.15, 0.2) is 54.1 Å². The third-order valence-electron chi connectivity index (χ3n) is 5.26. The first-order valence-electron chi connectivity index (χ1n) is 11.4. The van der Waals surface area contributed by atoms with E-state index in [9.17, 15) is 20.2 Å². The summed E-state index contributed by atoms with van der Waals surface area (Å²) in [5.41, 5.74) is 1.10. The summed E-state index contributed by atoms with van der Waals surface area (Å²) in [5.74, 6) is 0.429. The molecule has 10 nitrogen and oxygen atoms in total. The average Bonchev–Trinajstić information content (AvgIpc) is 2.92. The van der Waals surface area contributed by atoms with Crippen molar-refractivity contribution >= 4 is 46.6 Å². The van der Waals surface area contributed by atoms with E-state index in [2.05, 4.69) is 5.32 Å². The zero-order chi connectivity index (χ0) is 28.5. The Balaban J connectivity index is 1.86. The maximum absolute atomic E-state index is 12.9. The maximum Gasteiger partial charge on any atom is 0.269 e. The van der Waals surface area contributed by atoms with Crippen LogP contribution in [0, 0.1) is 21.4 Å². The van der Waals surface area contributed by atoms with Gasteiger partial charge in [-0.25, -0.2) is 0 Å². The van der Waals surface area contributed by atoms with Crippen LogP contribution in [-0.2, 0) is 11.4 Å². The molecule has 0 saturated heterocycles. The third-order valence-corrected chi connectivity index (χ3v) is 5.84. The van der Waals surface area contributed by atoms with Crippen LogP contribution in [0.5, 0.6) is 23.0 Å². The van der Waals surface area contributed by atoms with Crippen molar-refractivity contribution < 1.29 is 28.7 Å². The minimum absolute atomic E-state index is 0.0334. The van der Waals surface area contributed by atoms with Gasteiger partial charge in [-0.2, -0.15) is 5.26 Å². The third kappa shape index (κ3) is 7.31. The Morgan fingerprint density at radius 2 is 1.72 bits per heavy atom. The molecule has 39 heavy (non-hydrogen) atoms. The van der Waals surface area contributed by atoms with Crippen LogP contribution >= 0.6 is 23.2 Å².